The number of rotatable bonds is 6. The smallest absolute Gasteiger partial charge is 0.269 e. The highest BCUT2D eigenvalue weighted by atomic mass is 16.6. The van der Waals surface area contributed by atoms with Gasteiger partial charge in [0.25, 0.3) is 5.69 Å². The number of anilines is 1. The molecule has 0 fully saturated rings. The van der Waals surface area contributed by atoms with E-state index in [4.69, 9.17) is 4.74 Å². The third-order valence-corrected chi connectivity index (χ3v) is 3.41. The predicted molar refractivity (Wildman–Crippen MR) is 89.2 cm³/mol. The average molecular weight is 314 g/mol. The number of methoxy groups -OCH3 is 1. The lowest BCUT2D eigenvalue weighted by Crippen LogP contribution is -2.15. The van der Waals surface area contributed by atoms with E-state index >= 15 is 0 Å². The van der Waals surface area contributed by atoms with Crippen molar-refractivity contribution in [2.75, 3.05) is 25.6 Å². The number of ether oxygens (including phenoxy) is 1. The van der Waals surface area contributed by atoms with Crippen LogP contribution in [0.5, 0.6) is 5.75 Å². The Bertz CT molecular complexity index is 714. The minimum Gasteiger partial charge on any atom is -0.494 e. The van der Waals surface area contributed by atoms with Crippen molar-refractivity contribution in [1.82, 2.24) is 0 Å². The summed E-state index contributed by atoms with van der Waals surface area (Å²) in [6.45, 7) is 2.95. The molecule has 0 heterocycles. The van der Waals surface area contributed by atoms with Gasteiger partial charge in [-0.15, -0.1) is 5.11 Å². The molecule has 0 N–H and O–H groups in total. The van der Waals surface area contributed by atoms with Crippen LogP contribution in [0, 0.1) is 10.1 Å². The van der Waals surface area contributed by atoms with Crippen LogP contribution in [0.3, 0.4) is 0 Å². The van der Waals surface area contributed by atoms with Gasteiger partial charge in [0.1, 0.15) is 11.4 Å². The lowest BCUT2D eigenvalue weighted by atomic mass is 10.2. The molecular formula is C16H18N4O3. The number of nitro groups is 1. The summed E-state index contributed by atoms with van der Waals surface area (Å²) in [6, 6.07) is 11.6. The van der Waals surface area contributed by atoms with Gasteiger partial charge in [-0.25, -0.2) is 0 Å². The van der Waals surface area contributed by atoms with E-state index in [-0.39, 0.29) is 5.69 Å². The molecule has 23 heavy (non-hydrogen) atoms. The van der Waals surface area contributed by atoms with Crippen molar-refractivity contribution in [2.45, 2.75) is 6.92 Å². The maximum absolute atomic E-state index is 10.6. The molecule has 0 bridgehead atoms. The van der Waals surface area contributed by atoms with Crippen molar-refractivity contribution in [1.29, 1.82) is 0 Å². The number of non-ortho nitro benzene ring substituents is 1. The molecule has 0 saturated heterocycles. The van der Waals surface area contributed by atoms with Crippen molar-refractivity contribution in [3.63, 3.8) is 0 Å². The summed E-state index contributed by atoms with van der Waals surface area (Å²) in [6.07, 6.45) is 0. The fraction of sp³-hybridized carbons (Fsp3) is 0.250. The Balaban J connectivity index is 2.23. The van der Waals surface area contributed by atoms with Gasteiger partial charge in [-0.3, -0.25) is 10.1 Å². The molecule has 0 saturated carbocycles. The molecule has 0 amide bonds. The molecule has 0 aliphatic heterocycles. The molecule has 120 valence electrons. The third kappa shape index (κ3) is 4.03. The first-order valence-electron chi connectivity index (χ1n) is 7.10. The van der Waals surface area contributed by atoms with Crippen molar-refractivity contribution in [3.8, 4) is 5.75 Å². The highest BCUT2D eigenvalue weighted by Gasteiger charge is 2.07. The van der Waals surface area contributed by atoms with Crippen molar-refractivity contribution >= 4 is 22.7 Å². The fourth-order valence-electron chi connectivity index (χ4n) is 1.92. The monoisotopic (exact) mass is 314 g/mol. The van der Waals surface area contributed by atoms with Gasteiger partial charge in [0.15, 0.2) is 0 Å². The van der Waals surface area contributed by atoms with E-state index in [1.54, 1.807) is 19.2 Å². The van der Waals surface area contributed by atoms with Crippen LogP contribution in [-0.2, 0) is 0 Å². The number of hydrogen-bond donors (Lipinski definition) is 0. The summed E-state index contributed by atoms with van der Waals surface area (Å²) in [5.74, 6) is 0.619. The summed E-state index contributed by atoms with van der Waals surface area (Å²) in [5, 5.41) is 18.9. The molecule has 0 aliphatic carbocycles. The molecule has 0 spiro atoms. The molecule has 2 aromatic carbocycles. The van der Waals surface area contributed by atoms with E-state index < -0.39 is 4.92 Å². The number of benzene rings is 2. The van der Waals surface area contributed by atoms with E-state index in [0.717, 1.165) is 12.2 Å². The Hall–Kier alpha value is -2.96. The van der Waals surface area contributed by atoms with Crippen LogP contribution in [0.25, 0.3) is 0 Å². The number of nitrogens with zero attached hydrogens (tertiary/aromatic N) is 4. The molecule has 2 rings (SSSR count). The Labute approximate surface area is 134 Å². The number of hydrogen-bond acceptors (Lipinski definition) is 6. The van der Waals surface area contributed by atoms with E-state index in [1.807, 2.05) is 25.2 Å². The first-order chi connectivity index (χ1) is 11.0. The zero-order chi connectivity index (χ0) is 16.8. The van der Waals surface area contributed by atoms with Crippen LogP contribution >= 0.6 is 0 Å². The van der Waals surface area contributed by atoms with Gasteiger partial charge in [-0.2, -0.15) is 5.11 Å². The molecule has 0 atom stereocenters. The van der Waals surface area contributed by atoms with Gasteiger partial charge < -0.3 is 9.64 Å². The second kappa shape index (κ2) is 7.35. The molecule has 0 unspecified atom stereocenters. The molecular weight excluding hydrogens is 296 g/mol. The van der Waals surface area contributed by atoms with E-state index in [9.17, 15) is 10.1 Å². The van der Waals surface area contributed by atoms with Crippen molar-refractivity contribution in [3.05, 3.63) is 52.6 Å². The largest absolute Gasteiger partial charge is 0.494 e. The van der Waals surface area contributed by atoms with Crippen LogP contribution in [0.15, 0.2) is 52.7 Å². The number of azo groups is 1. The summed E-state index contributed by atoms with van der Waals surface area (Å²) in [5.41, 5.74) is 2.18. The maximum Gasteiger partial charge on any atom is 0.269 e. The van der Waals surface area contributed by atoms with Gasteiger partial charge in [-0.05, 0) is 31.2 Å². The molecule has 0 radical (unpaired) electrons. The van der Waals surface area contributed by atoms with Crippen LogP contribution in [0.4, 0.5) is 22.7 Å². The van der Waals surface area contributed by atoms with E-state index in [0.29, 0.717) is 17.1 Å². The quantitative estimate of drug-likeness (QED) is 0.447. The van der Waals surface area contributed by atoms with Gasteiger partial charge in [-0.1, -0.05) is 0 Å². The summed E-state index contributed by atoms with van der Waals surface area (Å²) in [7, 11) is 3.57. The van der Waals surface area contributed by atoms with Crippen LogP contribution in [0.2, 0.25) is 0 Å². The minimum atomic E-state index is -0.451. The summed E-state index contributed by atoms with van der Waals surface area (Å²) >= 11 is 0. The summed E-state index contributed by atoms with van der Waals surface area (Å²) < 4.78 is 5.35. The molecule has 7 heteroatoms. The van der Waals surface area contributed by atoms with Crippen LogP contribution in [-0.4, -0.2) is 25.6 Å². The van der Waals surface area contributed by atoms with Gasteiger partial charge in [0, 0.05) is 37.5 Å². The van der Waals surface area contributed by atoms with Gasteiger partial charge >= 0.3 is 0 Å². The van der Waals surface area contributed by atoms with Crippen molar-refractivity contribution < 1.29 is 9.66 Å². The normalized spacial score (nSPS) is 10.7. The lowest BCUT2D eigenvalue weighted by Gasteiger charge is -2.17. The number of nitro benzene ring substituents is 1. The SMILES string of the molecule is CCN(C)c1ccc(N=Nc2ccc([N+](=O)[O-])cc2)c(OC)c1. The molecule has 0 aliphatic rings. The Kier molecular flexibility index (Phi) is 5.24. The van der Waals surface area contributed by atoms with Crippen molar-refractivity contribution in [2.24, 2.45) is 10.2 Å². The van der Waals surface area contributed by atoms with E-state index in [2.05, 4.69) is 22.1 Å². The topological polar surface area (TPSA) is 80.3 Å². The van der Waals surface area contributed by atoms with Gasteiger partial charge in [0.2, 0.25) is 0 Å². The average Bonchev–Trinajstić information content (AvgIpc) is 2.59. The Morgan fingerprint density at radius 3 is 2.43 bits per heavy atom. The fourth-order valence-corrected chi connectivity index (χ4v) is 1.92. The van der Waals surface area contributed by atoms with Crippen LogP contribution in [0.1, 0.15) is 6.92 Å². The zero-order valence-electron chi connectivity index (χ0n) is 13.3. The molecule has 7 nitrogen and oxygen atoms in total. The van der Waals surface area contributed by atoms with Crippen LogP contribution < -0.4 is 9.64 Å². The zero-order valence-corrected chi connectivity index (χ0v) is 13.3. The lowest BCUT2D eigenvalue weighted by molar-refractivity contribution is -0.384. The first-order valence-corrected chi connectivity index (χ1v) is 7.10. The Morgan fingerprint density at radius 2 is 1.87 bits per heavy atom. The first kappa shape index (κ1) is 16.4. The minimum absolute atomic E-state index is 0.0217. The van der Waals surface area contributed by atoms with Gasteiger partial charge in [0.05, 0.1) is 17.7 Å². The summed E-state index contributed by atoms with van der Waals surface area (Å²) in [4.78, 5) is 12.2. The Morgan fingerprint density at radius 1 is 1.17 bits per heavy atom. The third-order valence-electron chi connectivity index (χ3n) is 3.41. The maximum atomic E-state index is 10.6. The second-order valence-electron chi connectivity index (χ2n) is 4.84. The van der Waals surface area contributed by atoms with E-state index in [1.165, 1.54) is 12.1 Å². The predicted octanol–water partition coefficient (Wildman–Crippen LogP) is 4.47. The standard InChI is InChI=1S/C16H18N4O3/c1-4-19(2)14-9-10-15(16(11-14)23-3)18-17-12-5-7-13(8-6-12)20(21)22/h5-11H,4H2,1-3H3. The highest BCUT2D eigenvalue weighted by Crippen LogP contribution is 2.33. The molecule has 2 aromatic rings. The highest BCUT2D eigenvalue weighted by molar-refractivity contribution is 5.61. The second-order valence-corrected chi connectivity index (χ2v) is 4.84. The molecule has 0 aromatic heterocycles.